The van der Waals surface area contributed by atoms with E-state index in [2.05, 4.69) is 10.2 Å². The summed E-state index contributed by atoms with van der Waals surface area (Å²) in [5.41, 5.74) is -0.973. The lowest BCUT2D eigenvalue weighted by molar-refractivity contribution is -0.385. The number of morpholine rings is 1. The van der Waals surface area contributed by atoms with Crippen molar-refractivity contribution < 1.29 is 18.4 Å². The van der Waals surface area contributed by atoms with Crippen LogP contribution in [0.2, 0.25) is 0 Å². The van der Waals surface area contributed by atoms with Gasteiger partial charge in [-0.15, -0.1) is 0 Å². The molecule has 1 heterocycles. The zero-order valence-electron chi connectivity index (χ0n) is 11.6. The first-order chi connectivity index (χ1) is 10.0. The molecule has 0 aliphatic carbocycles. The minimum Gasteiger partial charge on any atom is -0.378 e. The fourth-order valence-electron chi connectivity index (χ4n) is 2.24. The molecule has 0 saturated carbocycles. The van der Waals surface area contributed by atoms with Crippen molar-refractivity contribution in [2.75, 3.05) is 38.1 Å². The van der Waals surface area contributed by atoms with E-state index in [-0.39, 0.29) is 18.3 Å². The van der Waals surface area contributed by atoms with Gasteiger partial charge in [0, 0.05) is 19.6 Å². The first-order valence-corrected chi connectivity index (χ1v) is 6.72. The molecular weight excluding hydrogens is 284 g/mol. The predicted molar refractivity (Wildman–Crippen MR) is 73.4 cm³/mol. The number of benzene rings is 1. The Morgan fingerprint density at radius 2 is 2.14 bits per heavy atom. The number of nitro groups is 1. The van der Waals surface area contributed by atoms with E-state index in [1.807, 2.05) is 6.92 Å². The number of halogens is 2. The molecular formula is C13H17F2N3O3. The van der Waals surface area contributed by atoms with Crippen LogP contribution >= 0.6 is 0 Å². The second kappa shape index (κ2) is 6.77. The van der Waals surface area contributed by atoms with E-state index in [4.69, 9.17) is 4.74 Å². The third-order valence-electron chi connectivity index (χ3n) is 3.41. The van der Waals surface area contributed by atoms with Gasteiger partial charge in [-0.05, 0) is 6.54 Å². The van der Waals surface area contributed by atoms with Crippen LogP contribution in [-0.2, 0) is 4.74 Å². The minimum absolute atomic E-state index is 0.173. The Labute approximate surface area is 120 Å². The summed E-state index contributed by atoms with van der Waals surface area (Å²) in [7, 11) is 0. The Kier molecular flexibility index (Phi) is 5.03. The molecule has 1 N–H and O–H groups in total. The number of nitro benzene ring substituents is 1. The number of nitrogens with zero attached hydrogens (tertiary/aromatic N) is 2. The van der Waals surface area contributed by atoms with Crippen molar-refractivity contribution in [1.82, 2.24) is 4.90 Å². The zero-order chi connectivity index (χ0) is 15.4. The highest BCUT2D eigenvalue weighted by Crippen LogP contribution is 2.25. The third-order valence-corrected chi connectivity index (χ3v) is 3.41. The van der Waals surface area contributed by atoms with Crippen LogP contribution in [0.3, 0.4) is 0 Å². The van der Waals surface area contributed by atoms with Gasteiger partial charge in [-0.25, -0.2) is 8.78 Å². The summed E-state index contributed by atoms with van der Waals surface area (Å²) in [6.07, 6.45) is -0.173. The van der Waals surface area contributed by atoms with Crippen LogP contribution in [0.5, 0.6) is 0 Å². The molecule has 2 rings (SSSR count). The monoisotopic (exact) mass is 301 g/mol. The van der Waals surface area contributed by atoms with Crippen molar-refractivity contribution in [2.45, 2.75) is 13.0 Å². The van der Waals surface area contributed by atoms with Gasteiger partial charge in [-0.1, -0.05) is 6.92 Å². The van der Waals surface area contributed by atoms with Crippen LogP contribution in [0.4, 0.5) is 20.2 Å². The maximum absolute atomic E-state index is 13.7. The van der Waals surface area contributed by atoms with Gasteiger partial charge in [0.2, 0.25) is 0 Å². The molecule has 1 aromatic carbocycles. The standard InChI is InChI=1S/C13H17F2N3O3/c1-2-17-3-4-21-10(8-17)7-16-13-11(14)5-9(18(19)20)6-12(13)15/h5-6,10,16H,2-4,7-8H2,1H3. The molecule has 0 spiro atoms. The van der Waals surface area contributed by atoms with Crippen molar-refractivity contribution in [3.63, 3.8) is 0 Å². The highest BCUT2D eigenvalue weighted by Gasteiger charge is 2.21. The topological polar surface area (TPSA) is 67.6 Å². The maximum Gasteiger partial charge on any atom is 0.275 e. The lowest BCUT2D eigenvalue weighted by Gasteiger charge is -2.32. The Hall–Kier alpha value is -1.80. The van der Waals surface area contributed by atoms with Crippen molar-refractivity contribution in [3.8, 4) is 0 Å². The van der Waals surface area contributed by atoms with E-state index in [0.29, 0.717) is 25.3 Å². The first-order valence-electron chi connectivity index (χ1n) is 6.72. The molecule has 1 aliphatic heterocycles. The molecule has 116 valence electrons. The molecule has 1 aliphatic rings. The zero-order valence-corrected chi connectivity index (χ0v) is 11.6. The van der Waals surface area contributed by atoms with E-state index < -0.39 is 22.2 Å². The molecule has 0 bridgehead atoms. The van der Waals surface area contributed by atoms with Gasteiger partial charge in [-0.3, -0.25) is 15.0 Å². The Morgan fingerprint density at radius 1 is 1.48 bits per heavy atom. The van der Waals surface area contributed by atoms with Gasteiger partial charge in [0.1, 0.15) is 5.69 Å². The number of likely N-dealkylation sites (N-methyl/N-ethyl adjacent to an activating group) is 1. The van der Waals surface area contributed by atoms with Crippen molar-refractivity contribution >= 4 is 11.4 Å². The predicted octanol–water partition coefficient (Wildman–Crippen LogP) is 2.01. The molecule has 0 radical (unpaired) electrons. The Balaban J connectivity index is 2.01. The van der Waals surface area contributed by atoms with Crippen LogP contribution in [0.25, 0.3) is 0 Å². The Morgan fingerprint density at radius 3 is 2.71 bits per heavy atom. The molecule has 21 heavy (non-hydrogen) atoms. The highest BCUT2D eigenvalue weighted by molar-refractivity contribution is 5.51. The number of hydrogen-bond donors (Lipinski definition) is 1. The molecule has 1 aromatic rings. The van der Waals surface area contributed by atoms with E-state index in [1.54, 1.807) is 0 Å². The number of non-ortho nitro benzene ring substituents is 1. The minimum atomic E-state index is -0.982. The molecule has 0 amide bonds. The summed E-state index contributed by atoms with van der Waals surface area (Å²) < 4.78 is 32.9. The Bertz CT molecular complexity index is 504. The average Bonchev–Trinajstić information content (AvgIpc) is 2.46. The third kappa shape index (κ3) is 3.85. The van der Waals surface area contributed by atoms with Crippen molar-refractivity contribution in [2.24, 2.45) is 0 Å². The average molecular weight is 301 g/mol. The van der Waals surface area contributed by atoms with E-state index in [9.17, 15) is 18.9 Å². The van der Waals surface area contributed by atoms with Gasteiger partial charge in [0.05, 0.1) is 29.8 Å². The van der Waals surface area contributed by atoms with Gasteiger partial charge in [0.15, 0.2) is 11.6 Å². The van der Waals surface area contributed by atoms with Crippen LogP contribution < -0.4 is 5.32 Å². The summed E-state index contributed by atoms with van der Waals surface area (Å²) in [5.74, 6) is -1.96. The van der Waals surface area contributed by atoms with Crippen LogP contribution in [0, 0.1) is 21.7 Å². The SMILES string of the molecule is CCN1CCOC(CNc2c(F)cc([N+](=O)[O-])cc2F)C1. The van der Waals surface area contributed by atoms with Crippen LogP contribution in [-0.4, -0.2) is 48.7 Å². The van der Waals surface area contributed by atoms with Crippen LogP contribution in [0.15, 0.2) is 12.1 Å². The van der Waals surface area contributed by atoms with Gasteiger partial charge in [0.25, 0.3) is 5.69 Å². The lowest BCUT2D eigenvalue weighted by atomic mass is 10.2. The lowest BCUT2D eigenvalue weighted by Crippen LogP contribution is -2.45. The maximum atomic E-state index is 13.7. The normalized spacial score (nSPS) is 19.5. The molecule has 6 nitrogen and oxygen atoms in total. The largest absolute Gasteiger partial charge is 0.378 e. The number of nitrogens with one attached hydrogen (secondary N) is 1. The molecule has 1 saturated heterocycles. The van der Waals surface area contributed by atoms with E-state index in [1.165, 1.54) is 0 Å². The second-order valence-corrected chi connectivity index (χ2v) is 4.81. The summed E-state index contributed by atoms with van der Waals surface area (Å²) in [6.45, 7) is 5.26. The number of rotatable bonds is 5. The highest BCUT2D eigenvalue weighted by atomic mass is 19.1. The fourth-order valence-corrected chi connectivity index (χ4v) is 2.24. The summed E-state index contributed by atoms with van der Waals surface area (Å²) in [5, 5.41) is 13.2. The molecule has 1 fully saturated rings. The molecule has 1 unspecified atom stereocenters. The second-order valence-electron chi connectivity index (χ2n) is 4.81. The van der Waals surface area contributed by atoms with Gasteiger partial charge >= 0.3 is 0 Å². The molecule has 8 heteroatoms. The van der Waals surface area contributed by atoms with Gasteiger partial charge in [-0.2, -0.15) is 0 Å². The fraction of sp³-hybridized carbons (Fsp3) is 0.538. The smallest absolute Gasteiger partial charge is 0.275 e. The van der Waals surface area contributed by atoms with Crippen LogP contribution in [0.1, 0.15) is 6.92 Å². The van der Waals surface area contributed by atoms with E-state index in [0.717, 1.165) is 13.1 Å². The number of anilines is 1. The number of ether oxygens (including phenoxy) is 1. The van der Waals surface area contributed by atoms with E-state index >= 15 is 0 Å². The molecule has 1 atom stereocenters. The van der Waals surface area contributed by atoms with Crippen molar-refractivity contribution in [1.29, 1.82) is 0 Å². The summed E-state index contributed by atoms with van der Waals surface area (Å²) in [6, 6.07) is 1.40. The number of hydrogen-bond acceptors (Lipinski definition) is 5. The first kappa shape index (κ1) is 15.6. The molecule has 0 aromatic heterocycles. The summed E-state index contributed by atoms with van der Waals surface area (Å²) >= 11 is 0. The van der Waals surface area contributed by atoms with Gasteiger partial charge < -0.3 is 10.1 Å². The summed E-state index contributed by atoms with van der Waals surface area (Å²) in [4.78, 5) is 11.9. The van der Waals surface area contributed by atoms with Crippen molar-refractivity contribution in [3.05, 3.63) is 33.9 Å². The quantitative estimate of drug-likeness (QED) is 0.665.